The van der Waals surface area contributed by atoms with Crippen LogP contribution in [0.2, 0.25) is 0 Å². The summed E-state index contributed by atoms with van der Waals surface area (Å²) in [5.74, 6) is 0.0671. The Labute approximate surface area is 89.0 Å². The van der Waals surface area contributed by atoms with E-state index in [9.17, 15) is 9.59 Å². The quantitative estimate of drug-likeness (QED) is 0.377. The molecule has 0 aromatic rings. The molecule has 0 aromatic heterocycles. The molecule has 12 heavy (non-hydrogen) atoms. The topological polar surface area (TPSA) is 34.1 Å². The summed E-state index contributed by atoms with van der Waals surface area (Å²) in [7, 11) is 0. The van der Waals surface area contributed by atoms with Crippen LogP contribution in [0.5, 0.6) is 0 Å². The van der Waals surface area contributed by atoms with Gasteiger partial charge < -0.3 is 0 Å². The average molecular weight is 204 g/mol. The zero-order chi connectivity index (χ0) is 8.69. The molecule has 68 valence electrons. The first-order chi connectivity index (χ1) is 5.16. The maximum Gasteiger partial charge on any atom is 0.140 e. The normalized spacial score (nSPS) is 8.83. The van der Waals surface area contributed by atoms with Gasteiger partial charge in [0, 0.05) is 28.1 Å². The summed E-state index contributed by atoms with van der Waals surface area (Å²) >= 11 is 0. The number of rotatable bonds is 6. The van der Waals surface area contributed by atoms with Gasteiger partial charge in [-0.15, -0.1) is 0 Å². The molecule has 3 heteroatoms. The molecule has 0 saturated carbocycles. The van der Waals surface area contributed by atoms with E-state index in [-0.39, 0.29) is 39.7 Å². The van der Waals surface area contributed by atoms with Crippen LogP contribution < -0.4 is 0 Å². The predicted molar refractivity (Wildman–Crippen MR) is 44.4 cm³/mol. The third-order valence-corrected chi connectivity index (χ3v) is 1.51. The van der Waals surface area contributed by atoms with E-state index in [2.05, 4.69) is 6.92 Å². The minimum atomic E-state index is -0.0218. The summed E-state index contributed by atoms with van der Waals surface area (Å²) in [5.41, 5.74) is 0. The molecule has 0 saturated heterocycles. The molecule has 0 rings (SSSR count). The molecule has 0 bridgehead atoms. The second-order valence-corrected chi connectivity index (χ2v) is 2.87. The minimum Gasteiger partial charge on any atom is -0.300 e. The van der Waals surface area contributed by atoms with Crippen LogP contribution in [0, 0.1) is 0 Å². The summed E-state index contributed by atoms with van der Waals surface area (Å²) < 4.78 is 0. The fourth-order valence-electron chi connectivity index (χ4n) is 0.938. The number of carbonyl (C=O) groups excluding carboxylic acids is 2. The number of ketones is 2. The molecule has 0 atom stereocenters. The fraction of sp³-hybridized carbons (Fsp3) is 0.778. The van der Waals surface area contributed by atoms with Crippen molar-refractivity contribution in [2.75, 3.05) is 0 Å². The van der Waals surface area contributed by atoms with Crippen LogP contribution >= 0.6 is 0 Å². The van der Waals surface area contributed by atoms with Crippen molar-refractivity contribution < 1.29 is 31.3 Å². The van der Waals surface area contributed by atoms with Crippen LogP contribution in [0.25, 0.3) is 0 Å². The Morgan fingerprint density at radius 3 is 2.17 bits per heavy atom. The smallest absolute Gasteiger partial charge is 0.140 e. The van der Waals surface area contributed by atoms with Crippen LogP contribution in [0.3, 0.4) is 0 Å². The van der Waals surface area contributed by atoms with Crippen molar-refractivity contribution in [1.82, 2.24) is 0 Å². The van der Waals surface area contributed by atoms with Crippen molar-refractivity contribution in [3.63, 3.8) is 0 Å². The molecular formula is C9H16O2Ti. The van der Waals surface area contributed by atoms with Gasteiger partial charge in [0.2, 0.25) is 0 Å². The van der Waals surface area contributed by atoms with Gasteiger partial charge in [0.15, 0.2) is 0 Å². The number of hydrogen-bond donors (Lipinski definition) is 0. The molecular weight excluding hydrogens is 188 g/mol. The number of carbonyl (C=O) groups is 2. The summed E-state index contributed by atoms with van der Waals surface area (Å²) in [5, 5.41) is 0. The van der Waals surface area contributed by atoms with Crippen molar-refractivity contribution in [3.05, 3.63) is 0 Å². The molecule has 0 spiro atoms. The molecule has 0 aliphatic heterocycles. The second kappa shape index (κ2) is 9.14. The molecule has 0 aromatic carbocycles. The van der Waals surface area contributed by atoms with E-state index >= 15 is 0 Å². The Hall–Kier alpha value is 0.0543. The van der Waals surface area contributed by atoms with Crippen molar-refractivity contribution in [3.8, 4) is 0 Å². The average Bonchev–Trinajstić information content (AvgIpc) is 1.86. The molecule has 0 aliphatic rings. The maximum atomic E-state index is 10.9. The van der Waals surface area contributed by atoms with Gasteiger partial charge in [0.05, 0.1) is 6.42 Å². The van der Waals surface area contributed by atoms with Crippen molar-refractivity contribution in [2.24, 2.45) is 0 Å². The molecule has 2 nitrogen and oxygen atoms in total. The predicted octanol–water partition coefficient (Wildman–Crippen LogP) is 2.11. The van der Waals surface area contributed by atoms with Gasteiger partial charge in [-0.3, -0.25) is 9.59 Å². The summed E-state index contributed by atoms with van der Waals surface area (Å²) in [6.07, 6.45) is 3.84. The number of hydrogen-bond acceptors (Lipinski definition) is 2. The first-order valence-corrected chi connectivity index (χ1v) is 4.18. The molecule has 0 aliphatic carbocycles. The molecule has 0 fully saturated rings. The third-order valence-electron chi connectivity index (χ3n) is 1.51. The van der Waals surface area contributed by atoms with Crippen molar-refractivity contribution in [2.45, 2.75) is 46.0 Å². The van der Waals surface area contributed by atoms with Crippen LogP contribution in [-0.2, 0) is 31.3 Å². The molecule has 0 amide bonds. The van der Waals surface area contributed by atoms with E-state index in [0.717, 1.165) is 19.3 Å². The van der Waals surface area contributed by atoms with Gasteiger partial charge in [0.1, 0.15) is 11.6 Å². The monoisotopic (exact) mass is 204 g/mol. The van der Waals surface area contributed by atoms with E-state index in [1.54, 1.807) is 0 Å². The largest absolute Gasteiger partial charge is 0.300 e. The van der Waals surface area contributed by atoms with Gasteiger partial charge in [-0.1, -0.05) is 19.8 Å². The first kappa shape index (κ1) is 14.6. The molecule has 0 radical (unpaired) electrons. The zero-order valence-electron chi connectivity index (χ0n) is 7.85. The number of Topliss-reactive ketones (excluding diaryl/α,β-unsaturated/α-hetero) is 2. The van der Waals surface area contributed by atoms with Crippen LogP contribution in [0.4, 0.5) is 0 Å². The van der Waals surface area contributed by atoms with Gasteiger partial charge in [0.25, 0.3) is 0 Å². The molecule has 0 N–H and O–H groups in total. The summed E-state index contributed by atoms with van der Waals surface area (Å²) in [6.45, 7) is 3.55. The SMILES string of the molecule is CCCCCC(=O)CC(C)=O.[Ti]. The Balaban J connectivity index is 0. The van der Waals surface area contributed by atoms with Crippen LogP contribution in [-0.4, -0.2) is 11.6 Å². The van der Waals surface area contributed by atoms with Crippen LogP contribution in [0.1, 0.15) is 46.0 Å². The standard InChI is InChI=1S/C9H16O2.Ti/c1-3-4-5-6-9(11)7-8(2)10;/h3-7H2,1-2H3;. The van der Waals surface area contributed by atoms with E-state index < -0.39 is 0 Å². The van der Waals surface area contributed by atoms with Gasteiger partial charge >= 0.3 is 0 Å². The van der Waals surface area contributed by atoms with E-state index in [1.807, 2.05) is 0 Å². The van der Waals surface area contributed by atoms with Crippen molar-refractivity contribution in [1.29, 1.82) is 0 Å². The maximum absolute atomic E-state index is 10.9. The minimum absolute atomic E-state index is 0. The first-order valence-electron chi connectivity index (χ1n) is 4.18. The Bertz CT molecular complexity index is 143. The number of unbranched alkanes of at least 4 members (excludes halogenated alkanes) is 2. The fourth-order valence-corrected chi connectivity index (χ4v) is 0.938. The molecule has 0 heterocycles. The van der Waals surface area contributed by atoms with Crippen molar-refractivity contribution >= 4 is 11.6 Å². The summed E-state index contributed by atoms with van der Waals surface area (Å²) in [4.78, 5) is 21.4. The van der Waals surface area contributed by atoms with Gasteiger partial charge in [-0.2, -0.15) is 0 Å². The second-order valence-electron chi connectivity index (χ2n) is 2.87. The Morgan fingerprint density at radius 1 is 1.17 bits per heavy atom. The third kappa shape index (κ3) is 10.1. The van der Waals surface area contributed by atoms with E-state index in [0.29, 0.717) is 6.42 Å². The van der Waals surface area contributed by atoms with E-state index in [1.165, 1.54) is 6.92 Å². The van der Waals surface area contributed by atoms with E-state index in [4.69, 9.17) is 0 Å². The Kier molecular flexibility index (Phi) is 11.1. The Morgan fingerprint density at radius 2 is 1.75 bits per heavy atom. The molecule has 0 unspecified atom stereocenters. The summed E-state index contributed by atoms with van der Waals surface area (Å²) in [6, 6.07) is 0. The van der Waals surface area contributed by atoms with Crippen LogP contribution in [0.15, 0.2) is 0 Å². The van der Waals surface area contributed by atoms with Gasteiger partial charge in [-0.05, 0) is 13.3 Å². The zero-order valence-corrected chi connectivity index (χ0v) is 9.41. The van der Waals surface area contributed by atoms with Gasteiger partial charge in [-0.25, -0.2) is 0 Å².